The largest absolute Gasteiger partial charge is 0.434 e. The molecule has 0 spiro atoms. The van der Waals surface area contributed by atoms with Gasteiger partial charge in [0.15, 0.2) is 11.6 Å². The van der Waals surface area contributed by atoms with Crippen LogP contribution in [0.3, 0.4) is 0 Å². The molecule has 7 heteroatoms. The highest BCUT2D eigenvalue weighted by Crippen LogP contribution is 2.25. The second-order valence-electron chi connectivity index (χ2n) is 3.33. The molecule has 1 aromatic carbocycles. The van der Waals surface area contributed by atoms with Crippen molar-refractivity contribution in [1.82, 2.24) is 9.97 Å². The monoisotopic (exact) mass is 310 g/mol. The lowest BCUT2D eigenvalue weighted by Crippen LogP contribution is -2.13. The molecule has 0 aliphatic rings. The molecule has 0 fully saturated rings. The van der Waals surface area contributed by atoms with Gasteiger partial charge in [0.05, 0.1) is 12.4 Å². The maximum atomic E-state index is 13.5. The van der Waals surface area contributed by atoms with E-state index >= 15 is 0 Å². The number of amidine groups is 1. The highest BCUT2D eigenvalue weighted by Gasteiger charge is 2.07. The topological polar surface area (TPSA) is 84.9 Å². The van der Waals surface area contributed by atoms with Crippen molar-refractivity contribution < 1.29 is 9.13 Å². The SMILES string of the molecule is N=C(N)c1cnc(Oc2ccc(Br)cc2F)cn1. The van der Waals surface area contributed by atoms with E-state index in [1.807, 2.05) is 0 Å². The molecule has 0 atom stereocenters. The Hall–Kier alpha value is -2.02. The summed E-state index contributed by atoms with van der Waals surface area (Å²) in [6, 6.07) is 4.41. The van der Waals surface area contributed by atoms with Gasteiger partial charge in [-0.15, -0.1) is 0 Å². The molecule has 92 valence electrons. The first kappa shape index (κ1) is 12.4. The van der Waals surface area contributed by atoms with Crippen LogP contribution < -0.4 is 10.5 Å². The number of rotatable bonds is 3. The van der Waals surface area contributed by atoms with E-state index in [9.17, 15) is 4.39 Å². The van der Waals surface area contributed by atoms with Gasteiger partial charge < -0.3 is 10.5 Å². The quantitative estimate of drug-likeness (QED) is 0.673. The molecule has 5 nitrogen and oxygen atoms in total. The van der Waals surface area contributed by atoms with Crippen LogP contribution in [0, 0.1) is 11.2 Å². The summed E-state index contributed by atoms with van der Waals surface area (Å²) in [6.07, 6.45) is 2.56. The molecular formula is C11H8BrFN4O. The summed E-state index contributed by atoms with van der Waals surface area (Å²) >= 11 is 3.15. The maximum Gasteiger partial charge on any atom is 0.238 e. The number of nitrogens with zero attached hydrogens (tertiary/aromatic N) is 2. The molecule has 0 aliphatic carbocycles. The van der Waals surface area contributed by atoms with E-state index in [1.165, 1.54) is 24.5 Å². The van der Waals surface area contributed by atoms with E-state index in [2.05, 4.69) is 25.9 Å². The fraction of sp³-hybridized carbons (Fsp3) is 0. The molecule has 0 saturated heterocycles. The Morgan fingerprint density at radius 3 is 2.67 bits per heavy atom. The van der Waals surface area contributed by atoms with Crippen LogP contribution in [0.2, 0.25) is 0 Å². The number of nitrogens with one attached hydrogen (secondary N) is 1. The average molecular weight is 311 g/mol. The Kier molecular flexibility index (Phi) is 3.52. The first-order chi connectivity index (χ1) is 8.56. The summed E-state index contributed by atoms with van der Waals surface area (Å²) in [4.78, 5) is 7.73. The van der Waals surface area contributed by atoms with Crippen molar-refractivity contribution >= 4 is 21.8 Å². The van der Waals surface area contributed by atoms with Gasteiger partial charge in [-0.1, -0.05) is 15.9 Å². The van der Waals surface area contributed by atoms with Crippen LogP contribution in [0.1, 0.15) is 5.69 Å². The molecule has 18 heavy (non-hydrogen) atoms. The van der Waals surface area contributed by atoms with Crippen molar-refractivity contribution in [1.29, 1.82) is 5.41 Å². The van der Waals surface area contributed by atoms with Crippen molar-refractivity contribution in [2.45, 2.75) is 0 Å². The van der Waals surface area contributed by atoms with Crippen molar-refractivity contribution in [2.24, 2.45) is 5.73 Å². The van der Waals surface area contributed by atoms with E-state index in [4.69, 9.17) is 15.9 Å². The number of ether oxygens (including phenoxy) is 1. The number of benzene rings is 1. The van der Waals surface area contributed by atoms with E-state index in [-0.39, 0.29) is 23.2 Å². The van der Waals surface area contributed by atoms with E-state index in [1.54, 1.807) is 6.07 Å². The standard InChI is InChI=1S/C11H8BrFN4O/c12-6-1-2-9(7(13)3-6)18-10-5-16-8(4-17-10)11(14)15/h1-5H,(H3,14,15). The number of aromatic nitrogens is 2. The second-order valence-corrected chi connectivity index (χ2v) is 4.25. The predicted molar refractivity (Wildman–Crippen MR) is 67.2 cm³/mol. The Labute approximate surface area is 110 Å². The smallest absolute Gasteiger partial charge is 0.238 e. The highest BCUT2D eigenvalue weighted by atomic mass is 79.9. The van der Waals surface area contributed by atoms with Crippen LogP contribution in [0.4, 0.5) is 4.39 Å². The van der Waals surface area contributed by atoms with Gasteiger partial charge in [0.1, 0.15) is 11.5 Å². The van der Waals surface area contributed by atoms with E-state index in [0.717, 1.165) is 0 Å². The zero-order valence-corrected chi connectivity index (χ0v) is 10.6. The van der Waals surface area contributed by atoms with E-state index in [0.29, 0.717) is 4.47 Å². The summed E-state index contributed by atoms with van der Waals surface area (Å²) in [6.45, 7) is 0. The van der Waals surface area contributed by atoms with Crippen molar-refractivity contribution in [3.05, 3.63) is 46.6 Å². The number of nitrogens with two attached hydrogens (primary N) is 1. The summed E-state index contributed by atoms with van der Waals surface area (Å²) < 4.78 is 19.3. The van der Waals surface area contributed by atoms with Crippen LogP contribution >= 0.6 is 15.9 Å². The van der Waals surface area contributed by atoms with Gasteiger partial charge in [-0.2, -0.15) is 0 Å². The third kappa shape index (κ3) is 2.80. The average Bonchev–Trinajstić information content (AvgIpc) is 2.33. The zero-order valence-electron chi connectivity index (χ0n) is 9.02. The van der Waals surface area contributed by atoms with Crippen LogP contribution in [0.5, 0.6) is 11.6 Å². The van der Waals surface area contributed by atoms with Crippen molar-refractivity contribution in [2.75, 3.05) is 0 Å². The lowest BCUT2D eigenvalue weighted by Gasteiger charge is -2.06. The molecule has 2 rings (SSSR count). The van der Waals surface area contributed by atoms with Gasteiger partial charge in [-0.25, -0.2) is 14.4 Å². The number of halogens is 2. The minimum atomic E-state index is -0.512. The highest BCUT2D eigenvalue weighted by molar-refractivity contribution is 9.10. The molecular weight excluding hydrogens is 303 g/mol. The van der Waals surface area contributed by atoms with Crippen molar-refractivity contribution in [3.8, 4) is 11.6 Å². The molecule has 3 N–H and O–H groups in total. The Balaban J connectivity index is 2.21. The van der Waals surface area contributed by atoms with Gasteiger partial charge in [-0.05, 0) is 18.2 Å². The lowest BCUT2D eigenvalue weighted by atomic mass is 10.3. The molecule has 0 amide bonds. The number of nitrogen functional groups attached to an aromatic ring is 1. The number of hydrogen-bond acceptors (Lipinski definition) is 4. The minimum Gasteiger partial charge on any atom is -0.434 e. The summed E-state index contributed by atoms with van der Waals surface area (Å²) in [5, 5.41) is 7.15. The Morgan fingerprint density at radius 1 is 1.33 bits per heavy atom. The summed E-state index contributed by atoms with van der Waals surface area (Å²) in [5.74, 6) is -0.532. The summed E-state index contributed by atoms with van der Waals surface area (Å²) in [7, 11) is 0. The van der Waals surface area contributed by atoms with Gasteiger partial charge >= 0.3 is 0 Å². The summed E-state index contributed by atoms with van der Waals surface area (Å²) in [5.41, 5.74) is 5.47. The maximum absolute atomic E-state index is 13.5. The zero-order chi connectivity index (χ0) is 13.1. The molecule has 0 bridgehead atoms. The van der Waals surface area contributed by atoms with Crippen LogP contribution in [-0.4, -0.2) is 15.8 Å². The van der Waals surface area contributed by atoms with Gasteiger partial charge in [0.25, 0.3) is 0 Å². The first-order valence-corrected chi connectivity index (χ1v) is 5.65. The van der Waals surface area contributed by atoms with Gasteiger partial charge in [0.2, 0.25) is 5.88 Å². The van der Waals surface area contributed by atoms with E-state index < -0.39 is 5.82 Å². The van der Waals surface area contributed by atoms with Gasteiger partial charge in [0, 0.05) is 4.47 Å². The normalized spacial score (nSPS) is 10.1. The Bertz CT molecular complexity index is 588. The molecule has 1 heterocycles. The molecule has 2 aromatic rings. The van der Waals surface area contributed by atoms with Crippen LogP contribution in [0.15, 0.2) is 35.1 Å². The molecule has 0 radical (unpaired) electrons. The third-order valence-electron chi connectivity index (χ3n) is 2.01. The molecule has 1 aromatic heterocycles. The molecule has 0 aliphatic heterocycles. The second kappa shape index (κ2) is 5.09. The first-order valence-electron chi connectivity index (χ1n) is 4.85. The fourth-order valence-corrected chi connectivity index (χ4v) is 1.51. The predicted octanol–water partition coefficient (Wildman–Crippen LogP) is 2.45. The Morgan fingerprint density at radius 2 is 2.11 bits per heavy atom. The number of hydrogen-bond donors (Lipinski definition) is 2. The van der Waals surface area contributed by atoms with Gasteiger partial charge in [-0.3, -0.25) is 5.41 Å². The van der Waals surface area contributed by atoms with Crippen LogP contribution in [-0.2, 0) is 0 Å². The molecule has 0 saturated carbocycles. The molecule has 0 unspecified atom stereocenters. The fourth-order valence-electron chi connectivity index (χ4n) is 1.18. The third-order valence-corrected chi connectivity index (χ3v) is 2.51. The van der Waals surface area contributed by atoms with Crippen molar-refractivity contribution in [3.63, 3.8) is 0 Å². The van der Waals surface area contributed by atoms with Crippen LogP contribution in [0.25, 0.3) is 0 Å². The minimum absolute atomic E-state index is 0.0445. The lowest BCUT2D eigenvalue weighted by molar-refractivity contribution is 0.425.